The summed E-state index contributed by atoms with van der Waals surface area (Å²) in [6.07, 6.45) is 5.24. The van der Waals surface area contributed by atoms with E-state index in [4.69, 9.17) is 0 Å². The summed E-state index contributed by atoms with van der Waals surface area (Å²) in [6.45, 7) is 6.91. The Kier molecular flexibility index (Phi) is 5.99. The number of fused-ring (bicyclic) bond motifs is 1. The van der Waals surface area contributed by atoms with Crippen molar-refractivity contribution < 1.29 is 13.2 Å². The van der Waals surface area contributed by atoms with Crippen LogP contribution in [0.2, 0.25) is 0 Å². The van der Waals surface area contributed by atoms with Gasteiger partial charge in [0.05, 0.1) is 0 Å². The van der Waals surface area contributed by atoms with Gasteiger partial charge in [-0.25, -0.2) is 13.1 Å². The van der Waals surface area contributed by atoms with Crippen molar-refractivity contribution in [1.82, 2.24) is 19.5 Å². The van der Waals surface area contributed by atoms with Crippen LogP contribution in [0.1, 0.15) is 41.1 Å². The van der Waals surface area contributed by atoms with Crippen LogP contribution in [-0.2, 0) is 17.1 Å². The minimum Gasteiger partial charge on any atom is -0.350 e. The number of sulfonamides is 1. The molecule has 1 aromatic carbocycles. The predicted octanol–water partition coefficient (Wildman–Crippen LogP) is 2.17. The Morgan fingerprint density at radius 2 is 2.07 bits per heavy atom. The van der Waals surface area contributed by atoms with Crippen LogP contribution in [0, 0.1) is 5.92 Å². The fourth-order valence-electron chi connectivity index (χ4n) is 4.67. The van der Waals surface area contributed by atoms with Gasteiger partial charge < -0.3 is 14.8 Å². The van der Waals surface area contributed by atoms with Crippen LogP contribution in [-0.4, -0.2) is 56.5 Å². The van der Waals surface area contributed by atoms with Gasteiger partial charge in [-0.3, -0.25) is 4.79 Å². The molecule has 0 spiro atoms. The smallest absolute Gasteiger partial charge is 0.253 e. The summed E-state index contributed by atoms with van der Waals surface area (Å²) in [5.41, 5.74) is 3.19. The Hall–Kier alpha value is -2.16. The standard InChI is InChI=1S/C22H30N4O3S/c1-3-30(28,29)24-13-16-8-11-26(14-16)22(27)18-4-5-21-19(12-18)20(15-25(21)2)17-6-9-23-10-7-17/h3-5,12,15-17,23-24H,1,6-11,13-14H2,2H3. The number of benzene rings is 1. The minimum absolute atomic E-state index is 0.0195. The van der Waals surface area contributed by atoms with Gasteiger partial charge in [-0.2, -0.15) is 0 Å². The van der Waals surface area contributed by atoms with Crippen LogP contribution in [0.15, 0.2) is 36.4 Å². The van der Waals surface area contributed by atoms with E-state index in [0.717, 1.165) is 43.3 Å². The maximum absolute atomic E-state index is 13.1. The summed E-state index contributed by atoms with van der Waals surface area (Å²) in [4.78, 5) is 15.0. The van der Waals surface area contributed by atoms with Crippen LogP contribution in [0.25, 0.3) is 10.9 Å². The third-order valence-electron chi connectivity index (χ3n) is 6.41. The Morgan fingerprint density at radius 1 is 1.30 bits per heavy atom. The molecule has 3 heterocycles. The van der Waals surface area contributed by atoms with Crippen molar-refractivity contribution >= 4 is 26.8 Å². The molecule has 2 aliphatic heterocycles. The van der Waals surface area contributed by atoms with Gasteiger partial charge in [0.1, 0.15) is 0 Å². The summed E-state index contributed by atoms with van der Waals surface area (Å²) in [7, 11) is -1.37. The van der Waals surface area contributed by atoms with Gasteiger partial charge >= 0.3 is 0 Å². The highest BCUT2D eigenvalue weighted by atomic mass is 32.2. The summed E-state index contributed by atoms with van der Waals surface area (Å²) >= 11 is 0. The second-order valence-electron chi connectivity index (χ2n) is 8.42. The molecule has 1 amide bonds. The minimum atomic E-state index is -3.43. The number of carbonyl (C=O) groups is 1. The van der Waals surface area contributed by atoms with Gasteiger partial charge in [-0.15, -0.1) is 0 Å². The first-order chi connectivity index (χ1) is 14.4. The highest BCUT2D eigenvalue weighted by molar-refractivity contribution is 7.92. The Morgan fingerprint density at radius 3 is 2.80 bits per heavy atom. The zero-order chi connectivity index (χ0) is 21.3. The lowest BCUT2D eigenvalue weighted by molar-refractivity contribution is 0.0787. The van der Waals surface area contributed by atoms with Gasteiger partial charge in [0, 0.05) is 54.8 Å². The molecule has 7 nitrogen and oxygen atoms in total. The molecule has 2 aromatic rings. The summed E-state index contributed by atoms with van der Waals surface area (Å²) in [6, 6.07) is 5.99. The largest absolute Gasteiger partial charge is 0.350 e. The van der Waals surface area contributed by atoms with E-state index in [9.17, 15) is 13.2 Å². The van der Waals surface area contributed by atoms with Crippen molar-refractivity contribution in [3.05, 3.63) is 47.5 Å². The molecule has 2 fully saturated rings. The molecular weight excluding hydrogens is 400 g/mol. The number of carbonyl (C=O) groups excluding carboxylic acids is 1. The number of aryl methyl sites for hydroxylation is 1. The van der Waals surface area contributed by atoms with Gasteiger partial charge in [-0.1, -0.05) is 6.58 Å². The Bertz CT molecular complexity index is 1050. The first kappa shape index (κ1) is 21.1. The maximum Gasteiger partial charge on any atom is 0.253 e. The molecular formula is C22H30N4O3S. The molecule has 8 heteroatoms. The lowest BCUT2D eigenvalue weighted by Crippen LogP contribution is -2.32. The molecule has 2 N–H and O–H groups in total. The van der Waals surface area contributed by atoms with Gasteiger partial charge in [0.15, 0.2) is 0 Å². The lowest BCUT2D eigenvalue weighted by Gasteiger charge is -2.22. The fraction of sp³-hybridized carbons (Fsp3) is 0.500. The molecule has 0 bridgehead atoms. The first-order valence-electron chi connectivity index (χ1n) is 10.6. The van der Waals surface area contributed by atoms with Crippen LogP contribution in [0.3, 0.4) is 0 Å². The number of aromatic nitrogens is 1. The normalized spacial score (nSPS) is 20.7. The highest BCUT2D eigenvalue weighted by Gasteiger charge is 2.28. The van der Waals surface area contributed by atoms with Crippen molar-refractivity contribution in [2.24, 2.45) is 13.0 Å². The molecule has 0 radical (unpaired) electrons. The van der Waals surface area contributed by atoms with E-state index < -0.39 is 10.0 Å². The summed E-state index contributed by atoms with van der Waals surface area (Å²) in [5, 5.41) is 5.51. The first-order valence-corrected chi connectivity index (χ1v) is 12.1. The number of piperidine rings is 1. The SMILES string of the molecule is C=CS(=O)(=O)NCC1CCN(C(=O)c2ccc3c(c2)c(C2CCNCC2)cn3C)C1. The maximum atomic E-state index is 13.1. The molecule has 1 unspecified atom stereocenters. The van der Waals surface area contributed by atoms with Crippen molar-refractivity contribution in [1.29, 1.82) is 0 Å². The third-order valence-corrected chi connectivity index (χ3v) is 7.42. The summed E-state index contributed by atoms with van der Waals surface area (Å²) < 4.78 is 27.8. The molecule has 4 rings (SSSR count). The van der Waals surface area contributed by atoms with Crippen LogP contribution < -0.4 is 10.0 Å². The van der Waals surface area contributed by atoms with Crippen molar-refractivity contribution in [2.45, 2.75) is 25.2 Å². The van der Waals surface area contributed by atoms with Gasteiger partial charge in [0.2, 0.25) is 10.0 Å². The van der Waals surface area contributed by atoms with Crippen LogP contribution in [0.5, 0.6) is 0 Å². The Balaban J connectivity index is 1.50. The Labute approximate surface area is 178 Å². The topological polar surface area (TPSA) is 83.4 Å². The molecule has 0 aliphatic carbocycles. The zero-order valence-electron chi connectivity index (χ0n) is 17.4. The van der Waals surface area contributed by atoms with E-state index >= 15 is 0 Å². The van der Waals surface area contributed by atoms with E-state index in [1.54, 1.807) is 0 Å². The van der Waals surface area contributed by atoms with Crippen LogP contribution >= 0.6 is 0 Å². The number of nitrogens with one attached hydrogen (secondary N) is 2. The van der Waals surface area contributed by atoms with Gasteiger partial charge in [0.25, 0.3) is 5.91 Å². The van der Waals surface area contributed by atoms with E-state index in [2.05, 4.69) is 34.4 Å². The summed E-state index contributed by atoms with van der Waals surface area (Å²) in [5.74, 6) is 0.662. The molecule has 1 atom stereocenters. The van der Waals surface area contributed by atoms with Crippen LogP contribution in [0.4, 0.5) is 0 Å². The van der Waals surface area contributed by atoms with Gasteiger partial charge in [-0.05, 0) is 68.0 Å². The number of hydrogen-bond donors (Lipinski definition) is 2. The zero-order valence-corrected chi connectivity index (χ0v) is 18.2. The highest BCUT2D eigenvalue weighted by Crippen LogP contribution is 2.33. The van der Waals surface area contributed by atoms with E-state index in [0.29, 0.717) is 31.1 Å². The van der Waals surface area contributed by atoms with Crippen molar-refractivity contribution in [3.8, 4) is 0 Å². The molecule has 2 aliphatic rings. The number of nitrogens with zero attached hydrogens (tertiary/aromatic N) is 2. The fourth-order valence-corrected chi connectivity index (χ4v) is 5.26. The van der Waals surface area contributed by atoms with Crippen molar-refractivity contribution in [3.63, 3.8) is 0 Å². The average molecular weight is 431 g/mol. The lowest BCUT2D eigenvalue weighted by atomic mass is 9.89. The number of rotatable bonds is 6. The molecule has 0 saturated carbocycles. The molecule has 162 valence electrons. The quantitative estimate of drug-likeness (QED) is 0.736. The van der Waals surface area contributed by atoms with E-state index in [-0.39, 0.29) is 11.8 Å². The number of hydrogen-bond acceptors (Lipinski definition) is 4. The molecule has 2 saturated heterocycles. The number of amides is 1. The monoisotopic (exact) mass is 430 g/mol. The third kappa shape index (κ3) is 4.31. The average Bonchev–Trinajstić information content (AvgIpc) is 3.37. The van der Waals surface area contributed by atoms with Crippen molar-refractivity contribution in [2.75, 3.05) is 32.7 Å². The van der Waals surface area contributed by atoms with E-state index in [1.165, 1.54) is 10.9 Å². The predicted molar refractivity (Wildman–Crippen MR) is 119 cm³/mol. The second-order valence-corrected chi connectivity index (χ2v) is 10.1. The number of likely N-dealkylation sites (tertiary alicyclic amines) is 1. The molecule has 1 aromatic heterocycles. The second kappa shape index (κ2) is 8.53. The van der Waals surface area contributed by atoms with E-state index in [1.807, 2.05) is 23.1 Å². The molecule has 30 heavy (non-hydrogen) atoms.